The van der Waals surface area contributed by atoms with Crippen molar-refractivity contribution in [2.75, 3.05) is 49.6 Å². The summed E-state index contributed by atoms with van der Waals surface area (Å²) in [6.07, 6.45) is 6.44. The van der Waals surface area contributed by atoms with Gasteiger partial charge in [-0.1, -0.05) is 0 Å². The average molecular weight is 594 g/mol. The quantitative estimate of drug-likeness (QED) is 0.300. The molecule has 12 heteroatoms. The minimum atomic E-state index is -0.616. The first-order valence-corrected chi connectivity index (χ1v) is 14.3. The van der Waals surface area contributed by atoms with Gasteiger partial charge in [0.25, 0.3) is 11.5 Å². The normalized spacial score (nSPS) is 15.6. The zero-order chi connectivity index (χ0) is 30.0. The van der Waals surface area contributed by atoms with Gasteiger partial charge in [-0.15, -0.1) is 0 Å². The van der Waals surface area contributed by atoms with Gasteiger partial charge >= 0.3 is 0 Å². The standard InChI is InChI=1S/C32H28FN7O4/c33-21-3-5-22(6-4-21)40-11-1-2-25(32(40)42)31(41)37-29-8-7-24(17-35-29)44-28-9-10-34-27-18-36-30(16-26(27)28)39-14-12-38(13-15-39)23-19-43-20-23/h1-11,16-18,23H,12-15,19-20H2,(H,35,37,41). The molecule has 0 bridgehead atoms. The first kappa shape index (κ1) is 27.6. The highest BCUT2D eigenvalue weighted by Crippen LogP contribution is 2.31. The Hall–Kier alpha value is -5.20. The first-order valence-electron chi connectivity index (χ1n) is 14.3. The molecule has 0 radical (unpaired) electrons. The highest BCUT2D eigenvalue weighted by atomic mass is 19.1. The van der Waals surface area contributed by atoms with Crippen LogP contribution >= 0.6 is 0 Å². The summed E-state index contributed by atoms with van der Waals surface area (Å²) in [7, 11) is 0. The molecule has 2 aliphatic rings. The second kappa shape index (κ2) is 11.8. The first-order chi connectivity index (χ1) is 21.5. The molecule has 2 aliphatic heterocycles. The number of carbonyl (C=O) groups excluding carboxylic acids is 1. The van der Waals surface area contributed by atoms with Crippen LogP contribution in [0.1, 0.15) is 10.4 Å². The van der Waals surface area contributed by atoms with Crippen molar-refractivity contribution >= 4 is 28.4 Å². The van der Waals surface area contributed by atoms with Crippen LogP contribution in [-0.4, -0.2) is 75.8 Å². The third-order valence-electron chi connectivity index (χ3n) is 7.85. The van der Waals surface area contributed by atoms with E-state index < -0.39 is 17.3 Å². The molecular formula is C32H28FN7O4. The topological polar surface area (TPSA) is 115 Å². The van der Waals surface area contributed by atoms with Crippen molar-refractivity contribution in [1.82, 2.24) is 24.4 Å². The van der Waals surface area contributed by atoms with E-state index in [1.165, 1.54) is 47.3 Å². The van der Waals surface area contributed by atoms with E-state index in [-0.39, 0.29) is 11.4 Å². The van der Waals surface area contributed by atoms with Gasteiger partial charge in [0.05, 0.1) is 37.2 Å². The number of nitrogens with one attached hydrogen (secondary N) is 1. The molecule has 0 spiro atoms. The summed E-state index contributed by atoms with van der Waals surface area (Å²) in [5.74, 6) is 1.15. The molecule has 6 heterocycles. The Morgan fingerprint density at radius 3 is 2.50 bits per heavy atom. The molecule has 2 fully saturated rings. The van der Waals surface area contributed by atoms with Gasteiger partial charge in [-0.25, -0.2) is 14.4 Å². The van der Waals surface area contributed by atoms with Gasteiger partial charge in [-0.05, 0) is 60.7 Å². The molecule has 44 heavy (non-hydrogen) atoms. The highest BCUT2D eigenvalue weighted by molar-refractivity contribution is 6.03. The third-order valence-corrected chi connectivity index (χ3v) is 7.85. The van der Waals surface area contributed by atoms with E-state index >= 15 is 0 Å². The smallest absolute Gasteiger partial charge is 0.267 e. The predicted octanol–water partition coefficient (Wildman–Crippen LogP) is 3.88. The van der Waals surface area contributed by atoms with Crippen LogP contribution in [0.4, 0.5) is 16.0 Å². The number of fused-ring (bicyclic) bond motifs is 1. The Morgan fingerprint density at radius 2 is 1.77 bits per heavy atom. The summed E-state index contributed by atoms with van der Waals surface area (Å²) in [5, 5.41) is 3.48. The number of amides is 1. The minimum Gasteiger partial charge on any atom is -0.455 e. The minimum absolute atomic E-state index is 0.0786. The van der Waals surface area contributed by atoms with Crippen molar-refractivity contribution in [3.05, 3.63) is 107 Å². The zero-order valence-electron chi connectivity index (χ0n) is 23.6. The Bertz CT molecular complexity index is 1870. The number of nitrogens with zero attached hydrogens (tertiary/aromatic N) is 6. The number of benzene rings is 1. The van der Waals surface area contributed by atoms with Crippen molar-refractivity contribution < 1.29 is 18.7 Å². The lowest BCUT2D eigenvalue weighted by Gasteiger charge is -2.42. The Kier molecular flexibility index (Phi) is 7.42. The number of pyridine rings is 4. The summed E-state index contributed by atoms with van der Waals surface area (Å²) < 4.78 is 26.1. The molecule has 5 aromatic rings. The summed E-state index contributed by atoms with van der Waals surface area (Å²) in [6, 6.07) is 16.0. The van der Waals surface area contributed by atoms with Crippen molar-refractivity contribution in [3.8, 4) is 17.2 Å². The number of anilines is 2. The van der Waals surface area contributed by atoms with Crippen LogP contribution in [-0.2, 0) is 4.74 Å². The second-order valence-corrected chi connectivity index (χ2v) is 10.6. The van der Waals surface area contributed by atoms with E-state index in [9.17, 15) is 14.0 Å². The molecular weight excluding hydrogens is 565 g/mol. The molecule has 1 amide bonds. The molecule has 1 aromatic carbocycles. The SMILES string of the molecule is O=C(Nc1ccc(Oc2ccnc3cnc(N4CCN(C5COC5)CC4)cc23)cn1)c1cccn(-c2ccc(F)cc2)c1=O. The number of halogens is 1. The largest absolute Gasteiger partial charge is 0.455 e. The van der Waals surface area contributed by atoms with E-state index in [0.717, 1.165) is 50.6 Å². The second-order valence-electron chi connectivity index (χ2n) is 10.6. The molecule has 2 saturated heterocycles. The molecule has 0 aliphatic carbocycles. The fraction of sp³-hybridized carbons (Fsp3) is 0.219. The van der Waals surface area contributed by atoms with Gasteiger partial charge in [0.2, 0.25) is 0 Å². The Morgan fingerprint density at radius 1 is 0.955 bits per heavy atom. The lowest BCUT2D eigenvalue weighted by atomic mass is 10.1. The molecule has 1 N–H and O–H groups in total. The van der Waals surface area contributed by atoms with Gasteiger partial charge in [-0.2, -0.15) is 0 Å². The number of aromatic nitrogens is 4. The maximum absolute atomic E-state index is 13.3. The van der Waals surface area contributed by atoms with E-state index in [4.69, 9.17) is 9.47 Å². The average Bonchev–Trinajstić information content (AvgIpc) is 3.02. The number of carbonyl (C=O) groups is 1. The lowest BCUT2D eigenvalue weighted by Crippen LogP contribution is -2.56. The lowest BCUT2D eigenvalue weighted by molar-refractivity contribution is -0.0660. The van der Waals surface area contributed by atoms with Crippen molar-refractivity contribution in [2.24, 2.45) is 0 Å². The van der Waals surface area contributed by atoms with Gasteiger partial charge in [0.15, 0.2) is 0 Å². The highest BCUT2D eigenvalue weighted by Gasteiger charge is 2.29. The molecule has 0 saturated carbocycles. The van der Waals surface area contributed by atoms with Crippen LogP contribution in [0, 0.1) is 5.82 Å². The van der Waals surface area contributed by atoms with E-state index in [1.807, 2.05) is 6.07 Å². The monoisotopic (exact) mass is 593 g/mol. The van der Waals surface area contributed by atoms with E-state index in [2.05, 4.69) is 30.1 Å². The van der Waals surface area contributed by atoms with Crippen molar-refractivity contribution in [1.29, 1.82) is 0 Å². The van der Waals surface area contributed by atoms with Crippen LogP contribution in [0.25, 0.3) is 16.6 Å². The van der Waals surface area contributed by atoms with Crippen molar-refractivity contribution in [2.45, 2.75) is 6.04 Å². The molecule has 0 atom stereocenters. The molecule has 4 aromatic heterocycles. The van der Waals surface area contributed by atoms with Gasteiger partial charge < -0.3 is 19.7 Å². The maximum Gasteiger partial charge on any atom is 0.267 e. The Balaban J connectivity index is 1.04. The van der Waals surface area contributed by atoms with Crippen molar-refractivity contribution in [3.63, 3.8) is 0 Å². The van der Waals surface area contributed by atoms with Crippen LogP contribution in [0.5, 0.6) is 11.5 Å². The summed E-state index contributed by atoms with van der Waals surface area (Å²) in [4.78, 5) is 44.1. The molecule has 7 rings (SSSR count). The van der Waals surface area contributed by atoms with E-state index in [0.29, 0.717) is 28.7 Å². The number of ether oxygens (including phenoxy) is 2. The number of rotatable bonds is 7. The molecule has 0 unspecified atom stereocenters. The fourth-order valence-corrected chi connectivity index (χ4v) is 5.32. The van der Waals surface area contributed by atoms with Crippen LogP contribution in [0.3, 0.4) is 0 Å². The van der Waals surface area contributed by atoms with Crippen LogP contribution in [0.2, 0.25) is 0 Å². The number of hydrogen-bond acceptors (Lipinski definition) is 9. The molecule has 11 nitrogen and oxygen atoms in total. The summed E-state index contributed by atoms with van der Waals surface area (Å²) in [6.45, 7) is 5.32. The summed E-state index contributed by atoms with van der Waals surface area (Å²) >= 11 is 0. The van der Waals surface area contributed by atoms with Gasteiger partial charge in [0.1, 0.15) is 34.5 Å². The zero-order valence-corrected chi connectivity index (χ0v) is 23.6. The number of hydrogen-bond donors (Lipinski definition) is 1. The maximum atomic E-state index is 13.3. The third kappa shape index (κ3) is 5.60. The summed E-state index contributed by atoms with van der Waals surface area (Å²) in [5.41, 5.74) is 0.539. The van der Waals surface area contributed by atoms with Gasteiger partial charge in [-0.3, -0.25) is 24.0 Å². The predicted molar refractivity (Wildman–Crippen MR) is 162 cm³/mol. The van der Waals surface area contributed by atoms with Crippen LogP contribution < -0.4 is 20.5 Å². The van der Waals surface area contributed by atoms with Gasteiger partial charge in [0, 0.05) is 49.6 Å². The fourth-order valence-electron chi connectivity index (χ4n) is 5.32. The van der Waals surface area contributed by atoms with E-state index in [1.54, 1.807) is 36.7 Å². The Labute approximate surface area is 251 Å². The van der Waals surface area contributed by atoms with Crippen LogP contribution in [0.15, 0.2) is 90.2 Å². The molecule has 222 valence electrons. The number of piperazine rings is 1.